The molecule has 0 atom stereocenters. The Balaban J connectivity index is 2.39. The highest BCUT2D eigenvalue weighted by molar-refractivity contribution is 9.10. The number of fused-ring (bicyclic) bond motifs is 1. The van der Waals surface area contributed by atoms with Crippen LogP contribution in [0.15, 0.2) is 28.9 Å². The highest BCUT2D eigenvalue weighted by atomic mass is 79.9. The largest absolute Gasteiger partial charge is 0.347 e. The molecule has 0 aliphatic carbocycles. The fourth-order valence-electron chi connectivity index (χ4n) is 2.28. The molecule has 1 aromatic heterocycles. The summed E-state index contributed by atoms with van der Waals surface area (Å²) in [7, 11) is 0. The van der Waals surface area contributed by atoms with E-state index in [1.165, 1.54) is 16.5 Å². The van der Waals surface area contributed by atoms with Gasteiger partial charge >= 0.3 is 0 Å². The van der Waals surface area contributed by atoms with Crippen LogP contribution in [0.5, 0.6) is 0 Å². The normalized spacial score (nSPS) is 11.3. The maximum Gasteiger partial charge on any atom is 0.0494 e. The first-order valence-corrected chi connectivity index (χ1v) is 7.23. The van der Waals surface area contributed by atoms with E-state index in [1.807, 2.05) is 0 Å². The van der Waals surface area contributed by atoms with E-state index in [1.54, 1.807) is 0 Å². The predicted octanol–water partition coefficient (Wildman–Crippen LogP) is 2.64. The van der Waals surface area contributed by atoms with Crippen molar-refractivity contribution in [3.63, 3.8) is 0 Å². The van der Waals surface area contributed by atoms with Gasteiger partial charge in [0.1, 0.15) is 0 Å². The van der Waals surface area contributed by atoms with Crippen LogP contribution >= 0.6 is 15.9 Å². The SMILES string of the molecule is NCCCc1cn(CCCN)c2cc(Br)ccc12. The molecule has 2 rings (SSSR count). The number of hydrogen-bond acceptors (Lipinski definition) is 2. The third-order valence-electron chi connectivity index (χ3n) is 3.18. The van der Waals surface area contributed by atoms with Gasteiger partial charge in [-0.15, -0.1) is 0 Å². The molecule has 2 aromatic rings. The zero-order valence-corrected chi connectivity index (χ0v) is 12.1. The molecule has 0 spiro atoms. The Morgan fingerprint density at radius 2 is 1.89 bits per heavy atom. The van der Waals surface area contributed by atoms with Crippen LogP contribution in [-0.4, -0.2) is 17.7 Å². The zero-order chi connectivity index (χ0) is 13.0. The predicted molar refractivity (Wildman–Crippen MR) is 80.7 cm³/mol. The van der Waals surface area contributed by atoms with Gasteiger partial charge in [-0.25, -0.2) is 0 Å². The first-order valence-electron chi connectivity index (χ1n) is 6.43. The molecule has 98 valence electrons. The van der Waals surface area contributed by atoms with Gasteiger partial charge < -0.3 is 16.0 Å². The van der Waals surface area contributed by atoms with E-state index in [0.717, 1.165) is 43.4 Å². The summed E-state index contributed by atoms with van der Waals surface area (Å²) in [5.41, 5.74) is 13.9. The first-order chi connectivity index (χ1) is 8.76. The summed E-state index contributed by atoms with van der Waals surface area (Å²) in [6, 6.07) is 6.46. The zero-order valence-electron chi connectivity index (χ0n) is 10.5. The molecule has 0 unspecified atom stereocenters. The Hall–Kier alpha value is -0.840. The lowest BCUT2D eigenvalue weighted by Crippen LogP contribution is -2.04. The van der Waals surface area contributed by atoms with E-state index in [2.05, 4.69) is 44.9 Å². The summed E-state index contributed by atoms with van der Waals surface area (Å²) >= 11 is 3.54. The number of aromatic nitrogens is 1. The quantitative estimate of drug-likeness (QED) is 0.862. The Bertz CT molecular complexity index is 519. The van der Waals surface area contributed by atoms with Crippen LogP contribution in [0.3, 0.4) is 0 Å². The van der Waals surface area contributed by atoms with Crippen molar-refractivity contribution in [2.75, 3.05) is 13.1 Å². The monoisotopic (exact) mass is 309 g/mol. The molecule has 3 nitrogen and oxygen atoms in total. The van der Waals surface area contributed by atoms with Gasteiger partial charge in [-0.3, -0.25) is 0 Å². The molecule has 0 saturated heterocycles. The minimum Gasteiger partial charge on any atom is -0.347 e. The summed E-state index contributed by atoms with van der Waals surface area (Å²) in [6.07, 6.45) is 5.34. The van der Waals surface area contributed by atoms with Gasteiger partial charge in [-0.2, -0.15) is 0 Å². The van der Waals surface area contributed by atoms with Crippen LogP contribution in [0.4, 0.5) is 0 Å². The van der Waals surface area contributed by atoms with E-state index in [-0.39, 0.29) is 0 Å². The van der Waals surface area contributed by atoms with Crippen molar-refractivity contribution < 1.29 is 0 Å². The van der Waals surface area contributed by atoms with Crippen LogP contribution in [0.1, 0.15) is 18.4 Å². The number of nitrogens with two attached hydrogens (primary N) is 2. The van der Waals surface area contributed by atoms with Crippen LogP contribution in [0.25, 0.3) is 10.9 Å². The van der Waals surface area contributed by atoms with Gasteiger partial charge in [0, 0.05) is 28.1 Å². The molecular formula is C14H20BrN3. The standard InChI is InChI=1S/C14H20BrN3/c15-12-4-5-13-11(3-1-6-16)10-18(8-2-7-17)14(13)9-12/h4-5,9-10H,1-3,6-8,16-17H2. The fourth-order valence-corrected chi connectivity index (χ4v) is 2.63. The van der Waals surface area contributed by atoms with Crippen molar-refractivity contribution in [1.82, 2.24) is 4.57 Å². The van der Waals surface area contributed by atoms with Crippen molar-refractivity contribution >= 4 is 26.8 Å². The summed E-state index contributed by atoms with van der Waals surface area (Å²) in [5.74, 6) is 0. The highest BCUT2D eigenvalue weighted by Crippen LogP contribution is 2.26. The highest BCUT2D eigenvalue weighted by Gasteiger charge is 2.08. The lowest BCUT2D eigenvalue weighted by atomic mass is 10.1. The van der Waals surface area contributed by atoms with Crippen molar-refractivity contribution in [1.29, 1.82) is 0 Å². The average molecular weight is 310 g/mol. The topological polar surface area (TPSA) is 57.0 Å². The summed E-state index contributed by atoms with van der Waals surface area (Å²) in [5, 5.41) is 1.34. The first kappa shape index (κ1) is 13.6. The van der Waals surface area contributed by atoms with Gasteiger partial charge in [-0.1, -0.05) is 22.0 Å². The van der Waals surface area contributed by atoms with Gasteiger partial charge in [0.2, 0.25) is 0 Å². The molecule has 0 saturated carbocycles. The molecule has 0 aliphatic rings. The number of aryl methyl sites for hydroxylation is 2. The molecule has 0 aliphatic heterocycles. The minimum absolute atomic E-state index is 0.728. The van der Waals surface area contributed by atoms with E-state index in [0.29, 0.717) is 0 Å². The molecule has 1 heterocycles. The lowest BCUT2D eigenvalue weighted by Gasteiger charge is -2.03. The molecule has 18 heavy (non-hydrogen) atoms. The van der Waals surface area contributed by atoms with Crippen LogP contribution in [0, 0.1) is 0 Å². The Morgan fingerprint density at radius 3 is 2.61 bits per heavy atom. The lowest BCUT2D eigenvalue weighted by molar-refractivity contribution is 0.667. The maximum atomic E-state index is 5.60. The van der Waals surface area contributed by atoms with Gasteiger partial charge in [-0.05, 0) is 50.0 Å². The fraction of sp³-hybridized carbons (Fsp3) is 0.429. The average Bonchev–Trinajstić information content (AvgIpc) is 2.71. The van der Waals surface area contributed by atoms with E-state index in [9.17, 15) is 0 Å². The van der Waals surface area contributed by atoms with Gasteiger partial charge in [0.15, 0.2) is 0 Å². The van der Waals surface area contributed by atoms with Crippen LogP contribution in [-0.2, 0) is 13.0 Å². The molecule has 0 amide bonds. The molecular weight excluding hydrogens is 290 g/mol. The Morgan fingerprint density at radius 1 is 1.11 bits per heavy atom. The van der Waals surface area contributed by atoms with Crippen LogP contribution < -0.4 is 11.5 Å². The number of hydrogen-bond donors (Lipinski definition) is 2. The molecule has 4 N–H and O–H groups in total. The van der Waals surface area contributed by atoms with Crippen molar-refractivity contribution in [3.05, 3.63) is 34.4 Å². The third-order valence-corrected chi connectivity index (χ3v) is 3.67. The van der Waals surface area contributed by atoms with Crippen molar-refractivity contribution in [2.45, 2.75) is 25.8 Å². The molecule has 0 bridgehead atoms. The molecule has 4 heteroatoms. The second kappa shape index (κ2) is 6.36. The second-order valence-electron chi connectivity index (χ2n) is 4.54. The summed E-state index contributed by atoms with van der Waals surface area (Å²) in [6.45, 7) is 2.45. The Labute approximate surface area is 116 Å². The van der Waals surface area contributed by atoms with Crippen LogP contribution in [0.2, 0.25) is 0 Å². The third kappa shape index (κ3) is 2.94. The van der Waals surface area contributed by atoms with E-state index < -0.39 is 0 Å². The second-order valence-corrected chi connectivity index (χ2v) is 5.46. The smallest absolute Gasteiger partial charge is 0.0494 e. The summed E-state index contributed by atoms with van der Waals surface area (Å²) < 4.78 is 3.42. The van der Waals surface area contributed by atoms with Gasteiger partial charge in [0.05, 0.1) is 0 Å². The number of nitrogens with zero attached hydrogens (tertiary/aromatic N) is 1. The Kier molecular flexibility index (Phi) is 4.80. The molecule has 0 fully saturated rings. The number of rotatable bonds is 6. The van der Waals surface area contributed by atoms with E-state index >= 15 is 0 Å². The number of halogens is 1. The molecule has 0 radical (unpaired) electrons. The molecule has 1 aromatic carbocycles. The van der Waals surface area contributed by atoms with Crippen molar-refractivity contribution in [2.24, 2.45) is 11.5 Å². The van der Waals surface area contributed by atoms with Gasteiger partial charge in [0.25, 0.3) is 0 Å². The van der Waals surface area contributed by atoms with Crippen molar-refractivity contribution in [3.8, 4) is 0 Å². The van der Waals surface area contributed by atoms with E-state index in [4.69, 9.17) is 11.5 Å². The maximum absolute atomic E-state index is 5.60. The summed E-state index contributed by atoms with van der Waals surface area (Å²) in [4.78, 5) is 0. The number of benzene rings is 1. The minimum atomic E-state index is 0.728.